The van der Waals surface area contributed by atoms with Crippen molar-refractivity contribution in [1.82, 2.24) is 9.88 Å². The third-order valence-electron chi connectivity index (χ3n) is 4.98. The van der Waals surface area contributed by atoms with Crippen molar-refractivity contribution in [1.29, 1.82) is 0 Å². The van der Waals surface area contributed by atoms with Crippen molar-refractivity contribution in [2.75, 3.05) is 24.6 Å². The summed E-state index contributed by atoms with van der Waals surface area (Å²) in [5.41, 5.74) is 1.41. The summed E-state index contributed by atoms with van der Waals surface area (Å²) in [5.74, 6) is 1.37. The number of carbonyl (C=O) groups excluding carboxylic acids is 1. The van der Waals surface area contributed by atoms with Crippen molar-refractivity contribution in [3.05, 3.63) is 64.8 Å². The molecule has 1 aromatic heterocycles. The highest BCUT2D eigenvalue weighted by Crippen LogP contribution is 2.33. The second kappa shape index (κ2) is 7.97. The van der Waals surface area contributed by atoms with Crippen LogP contribution in [0.4, 0.5) is 0 Å². The molecule has 0 spiro atoms. The third kappa shape index (κ3) is 3.74. The number of sulfone groups is 1. The number of aromatic nitrogens is 1. The number of benzene rings is 2. The zero-order valence-electron chi connectivity index (χ0n) is 15.8. The Kier molecular flexibility index (Phi) is 5.55. The Bertz CT molecular complexity index is 1210. The van der Waals surface area contributed by atoms with Crippen molar-refractivity contribution in [3.8, 4) is 0 Å². The van der Waals surface area contributed by atoms with Crippen LogP contribution in [0, 0.1) is 6.92 Å². The van der Waals surface area contributed by atoms with Gasteiger partial charge in [-0.15, -0.1) is 0 Å². The van der Waals surface area contributed by atoms with Crippen LogP contribution in [-0.2, 0) is 9.84 Å². The van der Waals surface area contributed by atoms with E-state index in [0.29, 0.717) is 29.0 Å². The summed E-state index contributed by atoms with van der Waals surface area (Å²) < 4.78 is 27.3. The SMILES string of the molecule is Cc1ccc(S(=O)(=O)c2c(C(=O)N3CCSCC3)cnc3ccccc23)cc1Cl. The zero-order valence-corrected chi connectivity index (χ0v) is 18.1. The Morgan fingerprint density at radius 2 is 1.86 bits per heavy atom. The highest BCUT2D eigenvalue weighted by Gasteiger charge is 2.30. The first kappa shape index (κ1) is 20.2. The summed E-state index contributed by atoms with van der Waals surface area (Å²) in [6.45, 7) is 2.99. The maximum Gasteiger partial charge on any atom is 0.256 e. The number of aryl methyl sites for hydroxylation is 1. The number of amides is 1. The van der Waals surface area contributed by atoms with Crippen LogP contribution in [0.15, 0.2) is 58.5 Å². The number of hydrogen-bond donors (Lipinski definition) is 0. The fraction of sp³-hybridized carbons (Fsp3) is 0.238. The van der Waals surface area contributed by atoms with E-state index in [2.05, 4.69) is 4.98 Å². The molecule has 1 saturated heterocycles. The zero-order chi connectivity index (χ0) is 20.6. The molecule has 0 radical (unpaired) electrons. The number of rotatable bonds is 3. The second-order valence-corrected chi connectivity index (χ2v) is 10.4. The average molecular weight is 447 g/mol. The molecule has 29 heavy (non-hydrogen) atoms. The molecule has 150 valence electrons. The van der Waals surface area contributed by atoms with E-state index >= 15 is 0 Å². The van der Waals surface area contributed by atoms with Gasteiger partial charge in [-0.25, -0.2) is 8.42 Å². The predicted molar refractivity (Wildman–Crippen MR) is 117 cm³/mol. The topological polar surface area (TPSA) is 67.3 Å². The molecule has 2 heterocycles. The van der Waals surface area contributed by atoms with Gasteiger partial charge in [0.25, 0.3) is 5.91 Å². The minimum absolute atomic E-state index is 0.00811. The molecular formula is C21H19ClN2O3S2. The Hall–Kier alpha value is -2.09. The highest BCUT2D eigenvalue weighted by molar-refractivity contribution is 7.99. The molecule has 4 rings (SSSR count). The lowest BCUT2D eigenvalue weighted by atomic mass is 10.1. The molecule has 1 aliphatic rings. The van der Waals surface area contributed by atoms with E-state index in [4.69, 9.17) is 11.6 Å². The monoisotopic (exact) mass is 446 g/mol. The van der Waals surface area contributed by atoms with E-state index in [1.54, 1.807) is 47.0 Å². The summed E-state index contributed by atoms with van der Waals surface area (Å²) in [6, 6.07) is 11.6. The summed E-state index contributed by atoms with van der Waals surface area (Å²) in [4.78, 5) is 19.4. The molecule has 0 atom stereocenters. The van der Waals surface area contributed by atoms with Crippen molar-refractivity contribution >= 4 is 50.0 Å². The van der Waals surface area contributed by atoms with Gasteiger partial charge in [0, 0.05) is 41.2 Å². The number of thioether (sulfide) groups is 1. The van der Waals surface area contributed by atoms with Gasteiger partial charge >= 0.3 is 0 Å². The van der Waals surface area contributed by atoms with Crippen LogP contribution in [0.25, 0.3) is 10.9 Å². The molecule has 5 nitrogen and oxygen atoms in total. The number of carbonyl (C=O) groups is 1. The number of nitrogens with zero attached hydrogens (tertiary/aromatic N) is 2. The van der Waals surface area contributed by atoms with E-state index in [0.717, 1.165) is 17.1 Å². The molecule has 3 aromatic rings. The lowest BCUT2D eigenvalue weighted by Gasteiger charge is -2.27. The Morgan fingerprint density at radius 1 is 1.14 bits per heavy atom. The van der Waals surface area contributed by atoms with Gasteiger partial charge in [0.05, 0.1) is 20.9 Å². The number of hydrogen-bond acceptors (Lipinski definition) is 5. The molecular weight excluding hydrogens is 428 g/mol. The van der Waals surface area contributed by atoms with Crippen LogP contribution in [0.5, 0.6) is 0 Å². The Labute approximate surface area is 179 Å². The lowest BCUT2D eigenvalue weighted by molar-refractivity contribution is 0.0768. The molecule has 1 amide bonds. The first-order valence-corrected chi connectivity index (χ1v) is 12.2. The highest BCUT2D eigenvalue weighted by atomic mass is 35.5. The number of pyridine rings is 1. The second-order valence-electron chi connectivity index (χ2n) is 6.84. The maximum absolute atomic E-state index is 13.7. The molecule has 0 aliphatic carbocycles. The van der Waals surface area contributed by atoms with Crippen LogP contribution in [-0.4, -0.2) is 48.8 Å². The summed E-state index contributed by atoms with van der Waals surface area (Å²) in [6.07, 6.45) is 1.38. The number of fused-ring (bicyclic) bond motifs is 1. The largest absolute Gasteiger partial charge is 0.337 e. The lowest BCUT2D eigenvalue weighted by Crippen LogP contribution is -2.38. The quantitative estimate of drug-likeness (QED) is 0.602. The molecule has 2 aromatic carbocycles. The van der Waals surface area contributed by atoms with Crippen LogP contribution in [0.2, 0.25) is 5.02 Å². The fourth-order valence-corrected chi connectivity index (χ4v) is 6.15. The van der Waals surface area contributed by atoms with E-state index in [1.807, 2.05) is 6.92 Å². The number of para-hydroxylation sites is 1. The van der Waals surface area contributed by atoms with Gasteiger partial charge in [0.2, 0.25) is 9.84 Å². The molecule has 0 bridgehead atoms. The maximum atomic E-state index is 13.7. The smallest absolute Gasteiger partial charge is 0.256 e. The molecule has 1 aliphatic heterocycles. The molecule has 1 fully saturated rings. The van der Waals surface area contributed by atoms with Gasteiger partial charge in [-0.05, 0) is 30.7 Å². The average Bonchev–Trinajstić information content (AvgIpc) is 2.74. The van der Waals surface area contributed by atoms with E-state index in [1.165, 1.54) is 18.3 Å². The molecule has 0 saturated carbocycles. The summed E-state index contributed by atoms with van der Waals surface area (Å²) >= 11 is 7.98. The fourth-order valence-electron chi connectivity index (χ4n) is 3.35. The van der Waals surface area contributed by atoms with Gasteiger partial charge in [0.1, 0.15) is 0 Å². The van der Waals surface area contributed by atoms with Gasteiger partial charge in [0.15, 0.2) is 0 Å². The summed E-state index contributed by atoms with van der Waals surface area (Å²) in [7, 11) is -4.00. The minimum Gasteiger partial charge on any atom is -0.337 e. The van der Waals surface area contributed by atoms with Crippen LogP contribution < -0.4 is 0 Å². The van der Waals surface area contributed by atoms with Crippen molar-refractivity contribution in [2.45, 2.75) is 16.7 Å². The third-order valence-corrected chi connectivity index (χ3v) is 8.18. The van der Waals surface area contributed by atoms with Gasteiger partial charge < -0.3 is 4.90 Å². The van der Waals surface area contributed by atoms with Crippen LogP contribution in [0.3, 0.4) is 0 Å². The van der Waals surface area contributed by atoms with Crippen LogP contribution in [0.1, 0.15) is 15.9 Å². The van der Waals surface area contributed by atoms with E-state index < -0.39 is 9.84 Å². The molecule has 0 unspecified atom stereocenters. The van der Waals surface area contributed by atoms with Gasteiger partial charge in [-0.2, -0.15) is 11.8 Å². The van der Waals surface area contributed by atoms with Crippen molar-refractivity contribution in [2.24, 2.45) is 0 Å². The van der Waals surface area contributed by atoms with E-state index in [-0.39, 0.29) is 21.3 Å². The standard InChI is InChI=1S/C21H19ClN2O3S2/c1-14-6-7-15(12-18(14)22)29(26,27)20-16-4-2-3-5-19(16)23-13-17(20)21(25)24-8-10-28-11-9-24/h2-7,12-13H,8-11H2,1H3. The molecule has 8 heteroatoms. The Balaban J connectivity index is 1.95. The normalized spacial score (nSPS) is 14.9. The van der Waals surface area contributed by atoms with Crippen molar-refractivity contribution < 1.29 is 13.2 Å². The summed E-state index contributed by atoms with van der Waals surface area (Å²) in [5, 5.41) is 0.798. The van der Waals surface area contributed by atoms with Gasteiger partial charge in [-0.1, -0.05) is 35.9 Å². The van der Waals surface area contributed by atoms with Crippen molar-refractivity contribution in [3.63, 3.8) is 0 Å². The van der Waals surface area contributed by atoms with Crippen LogP contribution >= 0.6 is 23.4 Å². The Morgan fingerprint density at radius 3 is 2.59 bits per heavy atom. The number of halogens is 1. The first-order chi connectivity index (χ1) is 13.9. The first-order valence-electron chi connectivity index (χ1n) is 9.15. The predicted octanol–water partition coefficient (Wildman–Crippen LogP) is 4.22. The molecule has 0 N–H and O–H groups in total. The van der Waals surface area contributed by atoms with E-state index in [9.17, 15) is 13.2 Å². The van der Waals surface area contributed by atoms with Gasteiger partial charge in [-0.3, -0.25) is 9.78 Å². The minimum atomic E-state index is -4.00.